The van der Waals surface area contributed by atoms with Gasteiger partial charge < -0.3 is 19.3 Å². The van der Waals surface area contributed by atoms with Gasteiger partial charge in [0, 0.05) is 6.20 Å². The van der Waals surface area contributed by atoms with E-state index in [1.54, 1.807) is 19.2 Å². The standard InChI is InChI=1S/C19H23N3O3/c1-24-17-5-7-18(8-6-17)25-15-19(23)22-12-10-21(11-13-22)14-16-4-2-3-9-20-16/h2-9H,10-15H2,1H3/p+1. The number of hydrogen-bond acceptors (Lipinski definition) is 4. The van der Waals surface area contributed by atoms with Crippen molar-refractivity contribution in [1.82, 2.24) is 9.88 Å². The van der Waals surface area contributed by atoms with Gasteiger partial charge in [-0.3, -0.25) is 9.78 Å². The topological polar surface area (TPSA) is 56.1 Å². The minimum absolute atomic E-state index is 0.0349. The normalized spacial score (nSPS) is 15.0. The lowest BCUT2D eigenvalue weighted by atomic mass is 10.2. The van der Waals surface area contributed by atoms with Crippen LogP contribution < -0.4 is 14.4 Å². The largest absolute Gasteiger partial charge is 0.497 e. The summed E-state index contributed by atoms with van der Waals surface area (Å²) in [6.45, 7) is 4.36. The van der Waals surface area contributed by atoms with E-state index >= 15 is 0 Å². The predicted octanol–water partition coefficient (Wildman–Crippen LogP) is 0.396. The van der Waals surface area contributed by atoms with Crippen molar-refractivity contribution in [1.29, 1.82) is 0 Å². The van der Waals surface area contributed by atoms with Crippen molar-refractivity contribution >= 4 is 5.91 Å². The summed E-state index contributed by atoms with van der Waals surface area (Å²) in [7, 11) is 1.62. The van der Waals surface area contributed by atoms with Gasteiger partial charge in [-0.15, -0.1) is 0 Å². The molecular formula is C19H24N3O3+. The fraction of sp³-hybridized carbons (Fsp3) is 0.368. The van der Waals surface area contributed by atoms with E-state index in [-0.39, 0.29) is 12.5 Å². The average Bonchev–Trinajstić information content (AvgIpc) is 2.68. The van der Waals surface area contributed by atoms with Crippen molar-refractivity contribution in [2.75, 3.05) is 39.9 Å². The first-order valence-corrected chi connectivity index (χ1v) is 8.52. The van der Waals surface area contributed by atoms with Crippen LogP contribution in [0, 0.1) is 0 Å². The lowest BCUT2D eigenvalue weighted by molar-refractivity contribution is -0.917. The second-order valence-corrected chi connectivity index (χ2v) is 6.09. The number of methoxy groups -OCH3 is 1. The quantitative estimate of drug-likeness (QED) is 0.826. The average molecular weight is 342 g/mol. The maximum atomic E-state index is 12.3. The van der Waals surface area contributed by atoms with Crippen LogP contribution in [0.4, 0.5) is 0 Å². The molecule has 3 rings (SSSR count). The summed E-state index contributed by atoms with van der Waals surface area (Å²) < 4.78 is 10.7. The van der Waals surface area contributed by atoms with Gasteiger partial charge in [-0.2, -0.15) is 0 Å². The van der Waals surface area contributed by atoms with Crippen molar-refractivity contribution < 1.29 is 19.2 Å². The maximum absolute atomic E-state index is 12.3. The van der Waals surface area contributed by atoms with E-state index in [1.165, 1.54) is 4.90 Å². The number of nitrogens with one attached hydrogen (secondary N) is 1. The zero-order valence-electron chi connectivity index (χ0n) is 14.5. The molecule has 0 saturated carbocycles. The monoisotopic (exact) mass is 342 g/mol. The van der Waals surface area contributed by atoms with Gasteiger partial charge in [-0.25, -0.2) is 0 Å². The number of piperazine rings is 1. The Balaban J connectivity index is 1.41. The third kappa shape index (κ3) is 4.93. The smallest absolute Gasteiger partial charge is 0.260 e. The summed E-state index contributed by atoms with van der Waals surface area (Å²) in [5.41, 5.74) is 1.10. The molecule has 0 bridgehead atoms. The van der Waals surface area contributed by atoms with E-state index in [0.29, 0.717) is 5.75 Å². The number of ether oxygens (including phenoxy) is 2. The summed E-state index contributed by atoms with van der Waals surface area (Å²) in [6, 6.07) is 13.2. The number of carbonyl (C=O) groups excluding carboxylic acids is 1. The van der Waals surface area contributed by atoms with E-state index in [0.717, 1.165) is 44.2 Å². The molecule has 0 aliphatic carbocycles. The van der Waals surface area contributed by atoms with Crippen LogP contribution in [0.3, 0.4) is 0 Å². The number of carbonyl (C=O) groups is 1. The van der Waals surface area contributed by atoms with Gasteiger partial charge in [0.25, 0.3) is 5.91 Å². The number of aromatic nitrogens is 1. The molecule has 1 fully saturated rings. The van der Waals surface area contributed by atoms with Crippen LogP contribution >= 0.6 is 0 Å². The Hall–Kier alpha value is -2.60. The molecule has 1 N–H and O–H groups in total. The summed E-state index contributed by atoms with van der Waals surface area (Å²) in [5.74, 6) is 1.48. The molecule has 1 aromatic carbocycles. The van der Waals surface area contributed by atoms with Crippen LogP contribution in [0.25, 0.3) is 0 Å². The van der Waals surface area contributed by atoms with E-state index < -0.39 is 0 Å². The first-order valence-electron chi connectivity index (χ1n) is 8.52. The number of quaternary nitrogens is 1. The zero-order valence-corrected chi connectivity index (χ0v) is 14.5. The Morgan fingerprint density at radius 2 is 1.84 bits per heavy atom. The van der Waals surface area contributed by atoms with Gasteiger partial charge in [-0.1, -0.05) is 6.07 Å². The van der Waals surface area contributed by atoms with E-state index in [9.17, 15) is 4.79 Å². The maximum Gasteiger partial charge on any atom is 0.260 e. The van der Waals surface area contributed by atoms with E-state index in [2.05, 4.69) is 4.98 Å². The summed E-state index contributed by atoms with van der Waals surface area (Å²) in [5, 5.41) is 0. The molecule has 1 aromatic heterocycles. The number of amides is 1. The summed E-state index contributed by atoms with van der Waals surface area (Å²) >= 11 is 0. The Labute approximate surface area is 148 Å². The van der Waals surface area contributed by atoms with Crippen LogP contribution in [0.15, 0.2) is 48.7 Å². The first kappa shape index (κ1) is 17.2. The van der Waals surface area contributed by atoms with Crippen LogP contribution in [-0.2, 0) is 11.3 Å². The molecule has 0 atom stereocenters. The summed E-state index contributed by atoms with van der Waals surface area (Å²) in [4.78, 5) is 20.0. The second kappa shape index (κ2) is 8.48. The van der Waals surface area contributed by atoms with Crippen molar-refractivity contribution in [3.63, 3.8) is 0 Å². The fourth-order valence-corrected chi connectivity index (χ4v) is 2.92. The molecule has 0 spiro atoms. The third-order valence-electron chi connectivity index (χ3n) is 4.40. The Morgan fingerprint density at radius 3 is 2.48 bits per heavy atom. The van der Waals surface area contributed by atoms with E-state index in [1.807, 2.05) is 41.4 Å². The molecule has 2 heterocycles. The van der Waals surface area contributed by atoms with Gasteiger partial charge in [0.1, 0.15) is 18.0 Å². The molecular weight excluding hydrogens is 318 g/mol. The van der Waals surface area contributed by atoms with Crippen molar-refractivity contribution in [3.05, 3.63) is 54.4 Å². The lowest BCUT2D eigenvalue weighted by Crippen LogP contribution is -3.13. The molecule has 25 heavy (non-hydrogen) atoms. The van der Waals surface area contributed by atoms with Gasteiger partial charge in [0.05, 0.1) is 39.0 Å². The van der Waals surface area contributed by atoms with Gasteiger partial charge in [-0.05, 0) is 36.4 Å². The fourth-order valence-electron chi connectivity index (χ4n) is 2.92. The molecule has 0 radical (unpaired) electrons. The van der Waals surface area contributed by atoms with Crippen molar-refractivity contribution in [2.45, 2.75) is 6.54 Å². The van der Waals surface area contributed by atoms with Crippen molar-refractivity contribution in [3.8, 4) is 11.5 Å². The van der Waals surface area contributed by atoms with Crippen LogP contribution in [-0.4, -0.2) is 55.7 Å². The first-order chi connectivity index (χ1) is 12.2. The molecule has 132 valence electrons. The molecule has 1 amide bonds. The number of nitrogens with zero attached hydrogens (tertiary/aromatic N) is 2. The molecule has 1 saturated heterocycles. The molecule has 0 unspecified atom stereocenters. The molecule has 1 aliphatic heterocycles. The highest BCUT2D eigenvalue weighted by Gasteiger charge is 2.24. The number of rotatable bonds is 6. The van der Waals surface area contributed by atoms with Crippen LogP contribution in [0.5, 0.6) is 11.5 Å². The molecule has 6 heteroatoms. The predicted molar refractivity (Wildman–Crippen MR) is 93.7 cm³/mol. The highest BCUT2D eigenvalue weighted by Crippen LogP contribution is 2.16. The Bertz CT molecular complexity index is 668. The minimum atomic E-state index is 0.0349. The Kier molecular flexibility index (Phi) is 5.85. The third-order valence-corrected chi connectivity index (χ3v) is 4.40. The molecule has 1 aliphatic rings. The van der Waals surface area contributed by atoms with Crippen LogP contribution in [0.2, 0.25) is 0 Å². The minimum Gasteiger partial charge on any atom is -0.497 e. The van der Waals surface area contributed by atoms with Gasteiger partial charge in [0.2, 0.25) is 0 Å². The SMILES string of the molecule is COc1ccc(OCC(=O)N2CC[NH+](Cc3ccccn3)CC2)cc1. The number of pyridine rings is 1. The number of hydrogen-bond donors (Lipinski definition) is 1. The highest BCUT2D eigenvalue weighted by atomic mass is 16.5. The highest BCUT2D eigenvalue weighted by molar-refractivity contribution is 5.77. The molecule has 2 aromatic rings. The second-order valence-electron chi connectivity index (χ2n) is 6.09. The number of benzene rings is 1. The van der Waals surface area contributed by atoms with Gasteiger partial charge >= 0.3 is 0 Å². The zero-order chi connectivity index (χ0) is 17.5. The molecule has 6 nitrogen and oxygen atoms in total. The van der Waals surface area contributed by atoms with E-state index in [4.69, 9.17) is 9.47 Å². The Morgan fingerprint density at radius 1 is 1.12 bits per heavy atom. The van der Waals surface area contributed by atoms with Crippen molar-refractivity contribution in [2.24, 2.45) is 0 Å². The lowest BCUT2D eigenvalue weighted by Gasteiger charge is -2.32. The van der Waals surface area contributed by atoms with Crippen LogP contribution in [0.1, 0.15) is 5.69 Å². The van der Waals surface area contributed by atoms with Gasteiger partial charge in [0.15, 0.2) is 6.61 Å². The summed E-state index contributed by atoms with van der Waals surface area (Å²) in [6.07, 6.45) is 1.82.